The van der Waals surface area contributed by atoms with Crippen molar-refractivity contribution in [3.63, 3.8) is 0 Å². The summed E-state index contributed by atoms with van der Waals surface area (Å²) in [5.74, 6) is -1.36. The highest BCUT2D eigenvalue weighted by atomic mass is 35.5. The molecule has 1 N–H and O–H groups in total. The van der Waals surface area contributed by atoms with E-state index in [-0.39, 0.29) is 11.6 Å². The van der Waals surface area contributed by atoms with E-state index in [1.54, 1.807) is 42.1 Å². The third-order valence-electron chi connectivity index (χ3n) is 4.23. The van der Waals surface area contributed by atoms with Crippen LogP contribution in [0.3, 0.4) is 0 Å². The molecule has 1 atom stereocenters. The Morgan fingerprint density at radius 1 is 1.35 bits per heavy atom. The standard InChI is InChI=1S/C16H16ClN3O3/c1-16(15(22)23)7-3-8-19(16)14(21)13-6-9-20(18-13)12-5-2-4-11(17)10-12/h2,4-6,9-10H,3,7-8H2,1H3,(H,22,23). The Bertz CT molecular complexity index is 773. The molecule has 23 heavy (non-hydrogen) atoms. The van der Waals surface area contributed by atoms with Gasteiger partial charge in [-0.2, -0.15) is 5.10 Å². The molecule has 1 aromatic carbocycles. The van der Waals surface area contributed by atoms with E-state index in [9.17, 15) is 14.7 Å². The number of carbonyl (C=O) groups excluding carboxylic acids is 1. The van der Waals surface area contributed by atoms with Crippen molar-refractivity contribution in [3.8, 4) is 5.69 Å². The fourth-order valence-electron chi connectivity index (χ4n) is 2.85. The zero-order valence-electron chi connectivity index (χ0n) is 12.6. The number of benzene rings is 1. The van der Waals surface area contributed by atoms with Gasteiger partial charge in [-0.1, -0.05) is 17.7 Å². The Morgan fingerprint density at radius 2 is 2.13 bits per heavy atom. The van der Waals surface area contributed by atoms with E-state index in [1.165, 1.54) is 4.90 Å². The molecule has 1 amide bonds. The second kappa shape index (κ2) is 5.70. The first kappa shape index (κ1) is 15.6. The van der Waals surface area contributed by atoms with E-state index in [0.717, 1.165) is 5.69 Å². The lowest BCUT2D eigenvalue weighted by Crippen LogP contribution is -2.50. The molecule has 0 bridgehead atoms. The molecule has 1 aliphatic heterocycles. The summed E-state index contributed by atoms with van der Waals surface area (Å²) in [7, 11) is 0. The van der Waals surface area contributed by atoms with Gasteiger partial charge in [-0.3, -0.25) is 4.79 Å². The maximum atomic E-state index is 12.6. The number of likely N-dealkylation sites (tertiary alicyclic amines) is 1. The van der Waals surface area contributed by atoms with E-state index in [0.29, 0.717) is 24.4 Å². The lowest BCUT2D eigenvalue weighted by Gasteiger charge is -2.30. The van der Waals surface area contributed by atoms with Crippen molar-refractivity contribution in [2.45, 2.75) is 25.3 Å². The van der Waals surface area contributed by atoms with Gasteiger partial charge < -0.3 is 10.0 Å². The van der Waals surface area contributed by atoms with Crippen LogP contribution in [0, 0.1) is 0 Å². The number of aromatic nitrogens is 2. The Labute approximate surface area is 138 Å². The number of carboxylic acids is 1. The number of aliphatic carboxylic acids is 1. The summed E-state index contributed by atoms with van der Waals surface area (Å²) in [6, 6.07) is 8.69. The number of carbonyl (C=O) groups is 2. The highest BCUT2D eigenvalue weighted by Crippen LogP contribution is 2.30. The normalized spacial score (nSPS) is 20.7. The first-order chi connectivity index (χ1) is 10.9. The molecule has 1 unspecified atom stereocenters. The van der Waals surface area contributed by atoms with Gasteiger partial charge in [-0.05, 0) is 44.0 Å². The number of carboxylic acid groups (broad SMARTS) is 1. The van der Waals surface area contributed by atoms with Crippen molar-refractivity contribution in [3.05, 3.63) is 47.2 Å². The lowest BCUT2D eigenvalue weighted by molar-refractivity contribution is -0.147. The average molecular weight is 334 g/mol. The second-order valence-electron chi connectivity index (χ2n) is 5.76. The van der Waals surface area contributed by atoms with Gasteiger partial charge in [0.2, 0.25) is 0 Å². The maximum absolute atomic E-state index is 12.6. The Morgan fingerprint density at radius 3 is 2.83 bits per heavy atom. The van der Waals surface area contributed by atoms with E-state index in [2.05, 4.69) is 5.10 Å². The van der Waals surface area contributed by atoms with Gasteiger partial charge in [-0.25, -0.2) is 9.48 Å². The molecule has 1 aliphatic rings. The number of hydrogen-bond acceptors (Lipinski definition) is 3. The molecule has 0 spiro atoms. The topological polar surface area (TPSA) is 75.4 Å². The van der Waals surface area contributed by atoms with Gasteiger partial charge in [0.25, 0.3) is 5.91 Å². The van der Waals surface area contributed by atoms with Crippen molar-refractivity contribution < 1.29 is 14.7 Å². The summed E-state index contributed by atoms with van der Waals surface area (Å²) >= 11 is 5.96. The monoisotopic (exact) mass is 333 g/mol. The van der Waals surface area contributed by atoms with Crippen LogP contribution in [0.5, 0.6) is 0 Å². The van der Waals surface area contributed by atoms with Crippen molar-refractivity contribution in [1.29, 1.82) is 0 Å². The third-order valence-corrected chi connectivity index (χ3v) is 4.46. The summed E-state index contributed by atoms with van der Waals surface area (Å²) in [5, 5.41) is 14.3. The predicted octanol–water partition coefficient (Wildman–Crippen LogP) is 2.61. The molecular formula is C16H16ClN3O3. The van der Waals surface area contributed by atoms with Crippen LogP contribution in [0.2, 0.25) is 5.02 Å². The third kappa shape index (κ3) is 2.70. The van der Waals surface area contributed by atoms with Crippen LogP contribution in [0.25, 0.3) is 5.69 Å². The first-order valence-corrected chi connectivity index (χ1v) is 7.66. The van der Waals surface area contributed by atoms with Crippen LogP contribution in [0.1, 0.15) is 30.3 Å². The number of hydrogen-bond donors (Lipinski definition) is 1. The molecule has 1 saturated heterocycles. The summed E-state index contributed by atoms with van der Waals surface area (Å²) in [4.78, 5) is 25.5. The second-order valence-corrected chi connectivity index (χ2v) is 6.20. The number of amides is 1. The van der Waals surface area contributed by atoms with E-state index in [1.807, 2.05) is 6.07 Å². The van der Waals surface area contributed by atoms with Gasteiger partial charge in [0.15, 0.2) is 5.69 Å². The summed E-state index contributed by atoms with van der Waals surface area (Å²) < 4.78 is 1.55. The van der Waals surface area contributed by atoms with E-state index in [4.69, 9.17) is 11.6 Å². The van der Waals surface area contributed by atoms with Crippen molar-refractivity contribution in [2.75, 3.05) is 6.54 Å². The summed E-state index contributed by atoms with van der Waals surface area (Å²) in [6.07, 6.45) is 2.78. The van der Waals surface area contributed by atoms with E-state index >= 15 is 0 Å². The van der Waals surface area contributed by atoms with Crippen LogP contribution in [-0.4, -0.2) is 43.7 Å². The molecule has 2 aromatic rings. The molecule has 1 fully saturated rings. The van der Waals surface area contributed by atoms with Crippen LogP contribution in [0.15, 0.2) is 36.5 Å². The quantitative estimate of drug-likeness (QED) is 0.936. The van der Waals surface area contributed by atoms with Gasteiger partial charge >= 0.3 is 5.97 Å². The van der Waals surface area contributed by atoms with Gasteiger partial charge in [0.05, 0.1) is 5.69 Å². The van der Waals surface area contributed by atoms with E-state index < -0.39 is 11.5 Å². The maximum Gasteiger partial charge on any atom is 0.329 e. The van der Waals surface area contributed by atoms with Crippen molar-refractivity contribution >= 4 is 23.5 Å². The number of nitrogens with zero attached hydrogens (tertiary/aromatic N) is 3. The molecule has 7 heteroatoms. The SMILES string of the molecule is CC1(C(=O)O)CCCN1C(=O)c1ccn(-c2cccc(Cl)c2)n1. The number of halogens is 1. The number of rotatable bonds is 3. The van der Waals surface area contributed by atoms with Gasteiger partial charge in [-0.15, -0.1) is 0 Å². The van der Waals surface area contributed by atoms with Gasteiger partial charge in [0, 0.05) is 17.8 Å². The van der Waals surface area contributed by atoms with Crippen LogP contribution in [-0.2, 0) is 4.79 Å². The Balaban J connectivity index is 1.88. The first-order valence-electron chi connectivity index (χ1n) is 7.29. The molecule has 0 radical (unpaired) electrons. The molecule has 6 nitrogen and oxygen atoms in total. The minimum Gasteiger partial charge on any atom is -0.480 e. The summed E-state index contributed by atoms with van der Waals surface area (Å²) in [6.45, 7) is 2.00. The Hall–Kier alpha value is -2.34. The van der Waals surface area contributed by atoms with Crippen molar-refractivity contribution in [1.82, 2.24) is 14.7 Å². The zero-order valence-corrected chi connectivity index (χ0v) is 13.3. The average Bonchev–Trinajstić information content (AvgIpc) is 3.14. The smallest absolute Gasteiger partial charge is 0.329 e. The predicted molar refractivity (Wildman–Crippen MR) is 84.9 cm³/mol. The van der Waals surface area contributed by atoms with Crippen LogP contribution in [0.4, 0.5) is 0 Å². The minimum absolute atomic E-state index is 0.222. The molecule has 0 saturated carbocycles. The van der Waals surface area contributed by atoms with Crippen LogP contribution >= 0.6 is 11.6 Å². The Kier molecular flexibility index (Phi) is 3.85. The molecule has 2 heterocycles. The minimum atomic E-state index is -1.17. The zero-order chi connectivity index (χ0) is 16.6. The summed E-state index contributed by atoms with van der Waals surface area (Å²) in [5.41, 5.74) is -0.213. The molecule has 3 rings (SSSR count). The molecule has 120 valence electrons. The molecule has 1 aromatic heterocycles. The fourth-order valence-corrected chi connectivity index (χ4v) is 3.03. The fraction of sp³-hybridized carbons (Fsp3) is 0.312. The molecule has 0 aliphatic carbocycles. The largest absolute Gasteiger partial charge is 0.480 e. The highest BCUT2D eigenvalue weighted by molar-refractivity contribution is 6.30. The van der Waals surface area contributed by atoms with Gasteiger partial charge in [0.1, 0.15) is 5.54 Å². The lowest BCUT2D eigenvalue weighted by atomic mass is 9.99. The molecular weight excluding hydrogens is 318 g/mol. The van der Waals surface area contributed by atoms with Crippen LogP contribution < -0.4 is 0 Å². The highest BCUT2D eigenvalue weighted by Gasteiger charge is 2.46. The van der Waals surface area contributed by atoms with Crippen molar-refractivity contribution in [2.24, 2.45) is 0 Å².